The van der Waals surface area contributed by atoms with Crippen molar-refractivity contribution in [3.05, 3.63) is 24.2 Å². The highest BCUT2D eigenvalue weighted by Gasteiger charge is 2.23. The molecule has 2 rings (SSSR count). The molecule has 0 radical (unpaired) electrons. The van der Waals surface area contributed by atoms with Crippen LogP contribution < -0.4 is 0 Å². The van der Waals surface area contributed by atoms with Crippen LogP contribution >= 0.6 is 0 Å². The SMILES string of the molecule is C1=COC2CCOC2=C1. The van der Waals surface area contributed by atoms with Crippen molar-refractivity contribution >= 4 is 0 Å². The Kier molecular flexibility index (Phi) is 0.979. The van der Waals surface area contributed by atoms with Crippen LogP contribution in [0.2, 0.25) is 0 Å². The van der Waals surface area contributed by atoms with Gasteiger partial charge in [0.15, 0.2) is 6.10 Å². The third kappa shape index (κ3) is 0.707. The predicted molar refractivity (Wildman–Crippen MR) is 32.7 cm³/mol. The van der Waals surface area contributed by atoms with Gasteiger partial charge in [0.05, 0.1) is 12.9 Å². The van der Waals surface area contributed by atoms with E-state index in [1.165, 1.54) is 0 Å². The van der Waals surface area contributed by atoms with Gasteiger partial charge in [-0.05, 0) is 12.2 Å². The summed E-state index contributed by atoms with van der Waals surface area (Å²) >= 11 is 0. The summed E-state index contributed by atoms with van der Waals surface area (Å²) in [6.45, 7) is 0.804. The van der Waals surface area contributed by atoms with Crippen molar-refractivity contribution in [3.8, 4) is 0 Å². The fourth-order valence-electron chi connectivity index (χ4n) is 1.08. The highest BCUT2D eigenvalue weighted by atomic mass is 16.5. The number of hydrogen-bond donors (Lipinski definition) is 0. The van der Waals surface area contributed by atoms with E-state index in [1.54, 1.807) is 6.26 Å². The van der Waals surface area contributed by atoms with Gasteiger partial charge in [-0.3, -0.25) is 0 Å². The molecule has 0 aromatic heterocycles. The quantitative estimate of drug-likeness (QED) is 0.483. The van der Waals surface area contributed by atoms with Crippen LogP contribution in [0.15, 0.2) is 24.2 Å². The maximum absolute atomic E-state index is 5.24. The molecule has 2 nitrogen and oxygen atoms in total. The van der Waals surface area contributed by atoms with Crippen LogP contribution in [-0.4, -0.2) is 12.7 Å². The Morgan fingerprint density at radius 1 is 1.56 bits per heavy atom. The largest absolute Gasteiger partial charge is 0.494 e. The highest BCUT2D eigenvalue weighted by Crippen LogP contribution is 2.23. The monoisotopic (exact) mass is 124 g/mol. The lowest BCUT2D eigenvalue weighted by molar-refractivity contribution is 0.159. The molecule has 1 fully saturated rings. The lowest BCUT2D eigenvalue weighted by Crippen LogP contribution is -2.08. The Hall–Kier alpha value is -0.920. The molecule has 1 atom stereocenters. The Balaban J connectivity index is 2.23. The number of ether oxygens (including phenoxy) is 2. The normalized spacial score (nSPS) is 30.2. The van der Waals surface area contributed by atoms with Crippen LogP contribution in [0.5, 0.6) is 0 Å². The second kappa shape index (κ2) is 1.79. The molecule has 0 spiro atoms. The van der Waals surface area contributed by atoms with E-state index in [4.69, 9.17) is 9.47 Å². The lowest BCUT2D eigenvalue weighted by Gasteiger charge is -2.11. The first-order valence-electron chi connectivity index (χ1n) is 3.12. The first-order valence-corrected chi connectivity index (χ1v) is 3.12. The topological polar surface area (TPSA) is 18.5 Å². The van der Waals surface area contributed by atoms with Gasteiger partial charge in [0.25, 0.3) is 0 Å². The molecule has 0 N–H and O–H groups in total. The van der Waals surface area contributed by atoms with E-state index in [0.29, 0.717) is 0 Å². The predicted octanol–water partition coefficient (Wildman–Crippen LogP) is 1.20. The Morgan fingerprint density at radius 3 is 3.44 bits per heavy atom. The number of fused-ring (bicyclic) bond motifs is 1. The summed E-state index contributed by atoms with van der Waals surface area (Å²) < 4.78 is 10.5. The Labute approximate surface area is 53.8 Å². The van der Waals surface area contributed by atoms with Gasteiger partial charge in [0.2, 0.25) is 0 Å². The number of allylic oxidation sites excluding steroid dienone is 2. The molecule has 0 aromatic rings. The van der Waals surface area contributed by atoms with Gasteiger partial charge in [-0.1, -0.05) is 0 Å². The zero-order chi connectivity index (χ0) is 6.10. The molecule has 1 saturated heterocycles. The van der Waals surface area contributed by atoms with Crippen molar-refractivity contribution in [2.45, 2.75) is 12.5 Å². The molecule has 0 bridgehead atoms. The highest BCUT2D eigenvalue weighted by molar-refractivity contribution is 5.16. The zero-order valence-corrected chi connectivity index (χ0v) is 5.04. The molecular weight excluding hydrogens is 116 g/mol. The zero-order valence-electron chi connectivity index (χ0n) is 5.04. The summed E-state index contributed by atoms with van der Waals surface area (Å²) in [5.41, 5.74) is 0. The number of hydrogen-bond acceptors (Lipinski definition) is 2. The summed E-state index contributed by atoms with van der Waals surface area (Å²) in [6, 6.07) is 0. The van der Waals surface area contributed by atoms with Gasteiger partial charge < -0.3 is 9.47 Å². The maximum Gasteiger partial charge on any atom is 0.158 e. The first-order chi connectivity index (χ1) is 4.47. The van der Waals surface area contributed by atoms with Gasteiger partial charge in [-0.2, -0.15) is 0 Å². The average molecular weight is 124 g/mol. The van der Waals surface area contributed by atoms with E-state index in [1.807, 2.05) is 12.2 Å². The molecular formula is C7H8O2. The van der Waals surface area contributed by atoms with E-state index < -0.39 is 0 Å². The molecule has 2 heterocycles. The van der Waals surface area contributed by atoms with Crippen molar-refractivity contribution in [1.29, 1.82) is 0 Å². The van der Waals surface area contributed by atoms with Crippen LogP contribution in [0.1, 0.15) is 6.42 Å². The van der Waals surface area contributed by atoms with Crippen molar-refractivity contribution in [1.82, 2.24) is 0 Å². The van der Waals surface area contributed by atoms with Gasteiger partial charge in [0.1, 0.15) is 5.76 Å². The van der Waals surface area contributed by atoms with Crippen LogP contribution in [0, 0.1) is 0 Å². The second-order valence-corrected chi connectivity index (χ2v) is 2.16. The standard InChI is InChI=1S/C7H8O2/c1-2-6-7(8-4-1)3-5-9-6/h1-2,4,7H,3,5H2. The molecule has 2 aliphatic rings. The maximum atomic E-state index is 5.24. The van der Waals surface area contributed by atoms with E-state index in [0.717, 1.165) is 18.8 Å². The summed E-state index contributed by atoms with van der Waals surface area (Å²) in [5, 5.41) is 0. The minimum atomic E-state index is 0.218. The van der Waals surface area contributed by atoms with Crippen LogP contribution in [-0.2, 0) is 9.47 Å². The molecule has 1 unspecified atom stereocenters. The molecule has 0 amide bonds. The molecule has 0 saturated carbocycles. The Morgan fingerprint density at radius 2 is 2.56 bits per heavy atom. The average Bonchev–Trinajstić information content (AvgIpc) is 2.33. The van der Waals surface area contributed by atoms with Gasteiger partial charge in [-0.15, -0.1) is 0 Å². The fourth-order valence-corrected chi connectivity index (χ4v) is 1.08. The van der Waals surface area contributed by atoms with E-state index in [9.17, 15) is 0 Å². The molecule has 0 aliphatic carbocycles. The van der Waals surface area contributed by atoms with Crippen LogP contribution in [0.4, 0.5) is 0 Å². The minimum absolute atomic E-state index is 0.218. The van der Waals surface area contributed by atoms with Crippen molar-refractivity contribution in [2.24, 2.45) is 0 Å². The third-order valence-electron chi connectivity index (χ3n) is 1.55. The summed E-state index contributed by atoms with van der Waals surface area (Å²) in [5.74, 6) is 0.984. The molecule has 9 heavy (non-hydrogen) atoms. The number of rotatable bonds is 0. The fraction of sp³-hybridized carbons (Fsp3) is 0.429. The summed E-state index contributed by atoms with van der Waals surface area (Å²) in [7, 11) is 0. The van der Waals surface area contributed by atoms with Crippen molar-refractivity contribution < 1.29 is 9.47 Å². The van der Waals surface area contributed by atoms with Gasteiger partial charge in [0, 0.05) is 6.42 Å². The molecule has 48 valence electrons. The van der Waals surface area contributed by atoms with Gasteiger partial charge >= 0.3 is 0 Å². The summed E-state index contributed by atoms with van der Waals surface area (Å²) in [4.78, 5) is 0. The van der Waals surface area contributed by atoms with Crippen molar-refractivity contribution in [2.75, 3.05) is 6.61 Å². The Bertz CT molecular complexity index is 170. The summed E-state index contributed by atoms with van der Waals surface area (Å²) in [6.07, 6.45) is 6.74. The lowest BCUT2D eigenvalue weighted by atomic mass is 10.2. The third-order valence-corrected chi connectivity index (χ3v) is 1.55. The van der Waals surface area contributed by atoms with Gasteiger partial charge in [-0.25, -0.2) is 0 Å². The first kappa shape index (κ1) is 4.91. The second-order valence-electron chi connectivity index (χ2n) is 2.16. The van der Waals surface area contributed by atoms with Crippen LogP contribution in [0.3, 0.4) is 0 Å². The molecule has 2 heteroatoms. The van der Waals surface area contributed by atoms with E-state index >= 15 is 0 Å². The van der Waals surface area contributed by atoms with Crippen LogP contribution in [0.25, 0.3) is 0 Å². The minimum Gasteiger partial charge on any atom is -0.494 e. The van der Waals surface area contributed by atoms with E-state index in [2.05, 4.69) is 0 Å². The smallest absolute Gasteiger partial charge is 0.158 e. The van der Waals surface area contributed by atoms with E-state index in [-0.39, 0.29) is 6.10 Å². The molecule has 2 aliphatic heterocycles. The van der Waals surface area contributed by atoms with Crippen molar-refractivity contribution in [3.63, 3.8) is 0 Å². The molecule has 0 aromatic carbocycles.